The Morgan fingerprint density at radius 2 is 1.45 bits per heavy atom. The predicted octanol–water partition coefficient (Wildman–Crippen LogP) is 20.0. The normalized spacial score (nSPS) is 22.1. The summed E-state index contributed by atoms with van der Waals surface area (Å²) in [7, 11) is 0. The summed E-state index contributed by atoms with van der Waals surface area (Å²) in [6.07, 6.45) is 73.0. The van der Waals surface area contributed by atoms with Gasteiger partial charge < -0.3 is 4.90 Å². The van der Waals surface area contributed by atoms with Crippen LogP contribution < -0.4 is 0 Å². The highest BCUT2D eigenvalue weighted by Gasteiger charge is 2.27. The number of hydrogen-bond donors (Lipinski definition) is 0. The topological polar surface area (TPSA) is 3.24 Å². The molecule has 0 heterocycles. The summed E-state index contributed by atoms with van der Waals surface area (Å²) < 4.78 is 0. The first-order chi connectivity index (χ1) is 37.0. The number of rotatable bonds is 17. The summed E-state index contributed by atoms with van der Waals surface area (Å²) >= 11 is 0. The van der Waals surface area contributed by atoms with E-state index in [2.05, 4.69) is 250 Å². The number of nitrogens with zero attached hydrogens (tertiary/aromatic N) is 1. The first-order valence-corrected chi connectivity index (χ1v) is 28.1. The Labute approximate surface area is 450 Å². The lowest BCUT2D eigenvalue weighted by atomic mass is 9.76. The van der Waals surface area contributed by atoms with Crippen LogP contribution in [0.2, 0.25) is 0 Å². The van der Waals surface area contributed by atoms with Crippen LogP contribution in [0, 0.1) is 17.8 Å². The molecule has 0 amide bonds. The molecule has 0 bridgehead atoms. The third kappa shape index (κ3) is 13.1. The van der Waals surface area contributed by atoms with Crippen molar-refractivity contribution in [1.82, 2.24) is 4.90 Å². The fourth-order valence-electron chi connectivity index (χ4n) is 11.5. The Morgan fingerprint density at radius 3 is 2.08 bits per heavy atom. The van der Waals surface area contributed by atoms with E-state index in [-0.39, 0.29) is 0 Å². The lowest BCUT2D eigenvalue weighted by Crippen LogP contribution is -2.23. The molecular formula is C74H75N. The van der Waals surface area contributed by atoms with Gasteiger partial charge in [-0.25, -0.2) is 0 Å². The van der Waals surface area contributed by atoms with Gasteiger partial charge in [0.2, 0.25) is 0 Å². The molecule has 0 radical (unpaired) electrons. The standard InChI is InChI=1S/C74H75N/c1-4-58(59-25-13-7-14-26-59)50-66(39-36-56-22-11-6-12-23-56)63-40-44-73(45-41-63)75(72(5-2)33-21-24-57-48-67(60-27-15-8-16-28-60)51-68(49-57)61-29-17-9-18-30-61)74-46-42-65(43-47-74)71-53-69(62-31-19-10-20-32-62)52-70(54-71)64-37-34-55(3)35-38-64/h4-6,8-9,11,13,15-19,21-22,25-34,37-40,42,44,46-51,53-55,65,70H,1,7,10,12,14,20,23-24,35-36,41,43,45,52H2,2-3H3/b33-21-,58-50+,66-39+,72-5+. The summed E-state index contributed by atoms with van der Waals surface area (Å²) in [5.74, 6) is 1.31. The molecule has 3 unspecified atom stereocenters. The van der Waals surface area contributed by atoms with Crippen LogP contribution in [-0.2, 0) is 6.42 Å². The molecule has 0 aromatic heterocycles. The van der Waals surface area contributed by atoms with Crippen LogP contribution in [0.25, 0.3) is 22.3 Å². The first kappa shape index (κ1) is 51.0. The maximum absolute atomic E-state index is 4.30. The van der Waals surface area contributed by atoms with Crippen molar-refractivity contribution in [3.8, 4) is 22.3 Å². The molecule has 0 N–H and O–H groups in total. The lowest BCUT2D eigenvalue weighted by Gasteiger charge is -2.34. The maximum atomic E-state index is 4.30. The van der Waals surface area contributed by atoms with E-state index < -0.39 is 0 Å². The largest absolute Gasteiger partial charge is 0.315 e. The summed E-state index contributed by atoms with van der Waals surface area (Å²) in [6, 6.07) is 28.7. The van der Waals surface area contributed by atoms with Crippen LogP contribution in [0.1, 0.15) is 96.5 Å². The second-order valence-corrected chi connectivity index (χ2v) is 21.1. The Hall–Kier alpha value is -7.48. The number of hydrogen-bond acceptors (Lipinski definition) is 1. The van der Waals surface area contributed by atoms with Gasteiger partial charge in [0.05, 0.1) is 0 Å². The highest BCUT2D eigenvalue weighted by Crippen LogP contribution is 2.41. The summed E-state index contributed by atoms with van der Waals surface area (Å²) in [6.45, 7) is 8.82. The van der Waals surface area contributed by atoms with E-state index >= 15 is 0 Å². The van der Waals surface area contributed by atoms with Gasteiger partial charge in [-0.15, -0.1) is 0 Å². The molecule has 7 aliphatic carbocycles. The minimum Gasteiger partial charge on any atom is -0.315 e. The molecule has 0 saturated carbocycles. The molecule has 0 aliphatic heterocycles. The molecule has 0 fully saturated rings. The minimum atomic E-state index is 0.309. The van der Waals surface area contributed by atoms with Crippen molar-refractivity contribution >= 4 is 0 Å². The Bertz CT molecular complexity index is 3130. The zero-order valence-electron chi connectivity index (χ0n) is 44.5. The molecule has 7 aliphatic rings. The fourth-order valence-corrected chi connectivity index (χ4v) is 11.5. The van der Waals surface area contributed by atoms with Crippen LogP contribution in [0.15, 0.2) is 305 Å². The fraction of sp³-hybridized carbons (Fsp3) is 0.243. The van der Waals surface area contributed by atoms with Gasteiger partial charge in [0.25, 0.3) is 0 Å². The summed E-state index contributed by atoms with van der Waals surface area (Å²) in [4.78, 5) is 2.55. The Morgan fingerprint density at radius 1 is 0.667 bits per heavy atom. The zero-order chi connectivity index (χ0) is 51.2. The molecule has 3 aromatic rings. The molecule has 3 aromatic carbocycles. The van der Waals surface area contributed by atoms with Gasteiger partial charge in [-0.3, -0.25) is 0 Å². The van der Waals surface area contributed by atoms with E-state index in [4.69, 9.17) is 0 Å². The van der Waals surface area contributed by atoms with Gasteiger partial charge in [-0.05, 0) is 199 Å². The van der Waals surface area contributed by atoms with Crippen molar-refractivity contribution < 1.29 is 0 Å². The van der Waals surface area contributed by atoms with Crippen molar-refractivity contribution in [3.05, 3.63) is 310 Å². The molecular weight excluding hydrogens is 903 g/mol. The molecule has 3 atom stereocenters. The van der Waals surface area contributed by atoms with Crippen LogP contribution in [0.5, 0.6) is 0 Å². The van der Waals surface area contributed by atoms with Gasteiger partial charge in [-0.2, -0.15) is 0 Å². The molecule has 376 valence electrons. The van der Waals surface area contributed by atoms with Gasteiger partial charge in [-0.1, -0.05) is 219 Å². The molecule has 0 saturated heterocycles. The molecule has 0 spiro atoms. The van der Waals surface area contributed by atoms with Crippen molar-refractivity contribution in [2.75, 3.05) is 0 Å². The second-order valence-electron chi connectivity index (χ2n) is 21.1. The number of benzene rings is 3. The van der Waals surface area contributed by atoms with E-state index in [1.807, 2.05) is 6.08 Å². The summed E-state index contributed by atoms with van der Waals surface area (Å²) in [5.41, 5.74) is 22.5. The van der Waals surface area contributed by atoms with E-state index in [9.17, 15) is 0 Å². The Balaban J connectivity index is 0.987. The lowest BCUT2D eigenvalue weighted by molar-refractivity contribution is 0.515. The van der Waals surface area contributed by atoms with Crippen molar-refractivity contribution in [2.24, 2.45) is 17.8 Å². The second kappa shape index (κ2) is 25.2. The Kier molecular flexibility index (Phi) is 17.1. The molecule has 1 nitrogen and oxygen atoms in total. The molecule has 1 heteroatoms. The van der Waals surface area contributed by atoms with Crippen LogP contribution >= 0.6 is 0 Å². The third-order valence-electron chi connectivity index (χ3n) is 15.8. The van der Waals surface area contributed by atoms with Crippen LogP contribution in [0.4, 0.5) is 0 Å². The van der Waals surface area contributed by atoms with Gasteiger partial charge >= 0.3 is 0 Å². The van der Waals surface area contributed by atoms with Gasteiger partial charge in [0.1, 0.15) is 0 Å². The summed E-state index contributed by atoms with van der Waals surface area (Å²) in [5, 5.41) is 0. The van der Waals surface area contributed by atoms with E-state index in [0.717, 1.165) is 83.5 Å². The van der Waals surface area contributed by atoms with Gasteiger partial charge in [0.15, 0.2) is 0 Å². The van der Waals surface area contributed by atoms with Gasteiger partial charge in [0, 0.05) is 28.9 Å². The highest BCUT2D eigenvalue weighted by molar-refractivity contribution is 5.74. The van der Waals surface area contributed by atoms with E-state index in [0.29, 0.717) is 17.8 Å². The van der Waals surface area contributed by atoms with Crippen LogP contribution in [0.3, 0.4) is 0 Å². The maximum Gasteiger partial charge on any atom is 0.0415 e. The van der Waals surface area contributed by atoms with Crippen molar-refractivity contribution in [2.45, 2.75) is 97.3 Å². The van der Waals surface area contributed by atoms with Crippen molar-refractivity contribution in [3.63, 3.8) is 0 Å². The zero-order valence-corrected chi connectivity index (χ0v) is 44.5. The van der Waals surface area contributed by atoms with E-state index in [1.165, 1.54) is 95.1 Å². The third-order valence-corrected chi connectivity index (χ3v) is 15.8. The average Bonchev–Trinajstić information content (AvgIpc) is 3.48. The minimum absolute atomic E-state index is 0.309. The monoisotopic (exact) mass is 978 g/mol. The predicted molar refractivity (Wildman–Crippen MR) is 322 cm³/mol. The smallest absolute Gasteiger partial charge is 0.0415 e. The first-order valence-electron chi connectivity index (χ1n) is 28.1. The molecule has 75 heavy (non-hydrogen) atoms. The highest BCUT2D eigenvalue weighted by atomic mass is 15.2. The molecule has 10 rings (SSSR count). The number of allylic oxidation sites excluding steroid dienone is 35. The van der Waals surface area contributed by atoms with Crippen LogP contribution in [-0.4, -0.2) is 4.90 Å². The SMILES string of the molecule is C=C/C(=C\C(=C/CC1=CC=CCC1)C1=CC=C(N(C2=CCC(C3=CC(C4=CCC(C)C=C4)CC(C4=CCCC=C4)=C3)C=C2)C(/C=C\Cc2cc(-c3ccccc3)cc(-c3ccccc3)c2)=C/C)CC1)C1=CCCC=C1. The quantitative estimate of drug-likeness (QED) is 0.122. The average molecular weight is 978 g/mol. The van der Waals surface area contributed by atoms with Crippen molar-refractivity contribution in [1.29, 1.82) is 0 Å². The van der Waals surface area contributed by atoms with E-state index in [1.54, 1.807) is 0 Å².